The van der Waals surface area contributed by atoms with Crippen LogP contribution in [0.5, 0.6) is 0 Å². The SMILES string of the molecule is PC(c1cc(-c2ccccc2)[c-](-c2ccccc2)c1CP(C12CC3CC(CC(C3)C1)C2)C12CC3CC(CC(C3)C1)C2)(C1CCNC1)C1CCNC1.[Fe+2].c1cc[cH-]c1. The van der Waals surface area contributed by atoms with Crippen molar-refractivity contribution in [1.29, 1.82) is 0 Å². The molecule has 0 spiro atoms. The molecule has 0 amide bonds. The van der Waals surface area contributed by atoms with Crippen molar-refractivity contribution in [2.75, 3.05) is 26.2 Å². The van der Waals surface area contributed by atoms with Gasteiger partial charge in [0.25, 0.3) is 0 Å². The predicted octanol–water partition coefficient (Wildman–Crippen LogP) is 12.4. The van der Waals surface area contributed by atoms with Crippen LogP contribution >= 0.6 is 17.2 Å². The second kappa shape index (κ2) is 16.0. The summed E-state index contributed by atoms with van der Waals surface area (Å²) in [7, 11) is 3.51. The molecule has 2 N–H and O–H groups in total. The molecule has 3 unspecified atom stereocenters. The van der Waals surface area contributed by atoms with E-state index in [-0.39, 0.29) is 30.1 Å². The van der Waals surface area contributed by atoms with Gasteiger partial charge in [0, 0.05) is 0 Å². The molecule has 8 aliphatic carbocycles. The maximum atomic E-state index is 3.86. The molecular formula is C52H66FeN2P2. The van der Waals surface area contributed by atoms with Crippen LogP contribution in [-0.4, -0.2) is 36.5 Å². The van der Waals surface area contributed by atoms with Crippen molar-refractivity contribution >= 4 is 17.2 Å². The van der Waals surface area contributed by atoms with E-state index in [1.165, 1.54) is 48.8 Å². The van der Waals surface area contributed by atoms with Crippen molar-refractivity contribution in [3.05, 3.63) is 108 Å². The summed E-state index contributed by atoms with van der Waals surface area (Å²) in [5.74, 6) is 7.47. The van der Waals surface area contributed by atoms with Crippen LogP contribution in [0, 0.1) is 47.3 Å². The minimum atomic E-state index is -0.176. The van der Waals surface area contributed by atoms with E-state index in [0.29, 0.717) is 22.1 Å². The van der Waals surface area contributed by atoms with Gasteiger partial charge >= 0.3 is 17.1 Å². The average Bonchev–Trinajstić information content (AvgIpc) is 4.05. The zero-order valence-electron chi connectivity index (χ0n) is 34.2. The summed E-state index contributed by atoms with van der Waals surface area (Å²) in [6, 6.07) is 36.2. The van der Waals surface area contributed by atoms with Gasteiger partial charge < -0.3 is 10.6 Å². The summed E-state index contributed by atoms with van der Waals surface area (Å²) in [4.78, 5) is 0. The maximum Gasteiger partial charge on any atom is 2.00 e. The molecule has 14 rings (SSSR count). The topological polar surface area (TPSA) is 24.1 Å². The Morgan fingerprint density at radius 1 is 0.649 bits per heavy atom. The third-order valence-corrected chi connectivity index (χ3v) is 22.6. The number of hydrogen-bond acceptors (Lipinski definition) is 2. The van der Waals surface area contributed by atoms with Gasteiger partial charge in [-0.2, -0.15) is 18.2 Å². The van der Waals surface area contributed by atoms with Gasteiger partial charge in [-0.15, -0.1) is 38.6 Å². The Bertz CT molecular complexity index is 1790. The van der Waals surface area contributed by atoms with E-state index in [4.69, 9.17) is 0 Å². The van der Waals surface area contributed by atoms with Crippen LogP contribution in [-0.2, 0) is 28.4 Å². The molecule has 2 nitrogen and oxygen atoms in total. The Hall–Kier alpha value is -1.56. The molecule has 57 heavy (non-hydrogen) atoms. The summed E-state index contributed by atoms with van der Waals surface area (Å²) in [5.41, 5.74) is 9.56. The van der Waals surface area contributed by atoms with Gasteiger partial charge in [0.15, 0.2) is 0 Å². The average molecular weight is 837 g/mol. The van der Waals surface area contributed by atoms with Gasteiger partial charge in [0.1, 0.15) is 0 Å². The Morgan fingerprint density at radius 2 is 1.11 bits per heavy atom. The van der Waals surface area contributed by atoms with E-state index in [1.54, 1.807) is 88.2 Å². The van der Waals surface area contributed by atoms with Crippen molar-refractivity contribution in [2.24, 2.45) is 47.3 Å². The molecule has 8 saturated carbocycles. The monoisotopic (exact) mass is 836 g/mol. The van der Waals surface area contributed by atoms with Crippen molar-refractivity contribution < 1.29 is 17.1 Å². The van der Waals surface area contributed by atoms with Crippen LogP contribution in [0.4, 0.5) is 0 Å². The van der Waals surface area contributed by atoms with Crippen LogP contribution < -0.4 is 10.6 Å². The van der Waals surface area contributed by atoms with Gasteiger partial charge in [0.05, 0.1) is 0 Å². The molecule has 10 aliphatic rings. The molecule has 4 aromatic carbocycles. The molecule has 5 heteroatoms. The fourth-order valence-electron chi connectivity index (χ4n) is 15.9. The second-order valence-electron chi connectivity index (χ2n) is 20.7. The van der Waals surface area contributed by atoms with Crippen LogP contribution in [0.25, 0.3) is 22.3 Å². The van der Waals surface area contributed by atoms with E-state index in [1.807, 2.05) is 35.9 Å². The molecule has 2 saturated heterocycles. The third kappa shape index (κ3) is 7.08. The van der Waals surface area contributed by atoms with Crippen LogP contribution in [0.15, 0.2) is 97.1 Å². The molecule has 0 aromatic heterocycles. The predicted molar refractivity (Wildman–Crippen MR) is 241 cm³/mol. The summed E-state index contributed by atoms with van der Waals surface area (Å²) in [5, 5.41) is 9.06. The fourth-order valence-corrected chi connectivity index (χ4v) is 22.0. The smallest absolute Gasteiger partial charge is 0.316 e. The van der Waals surface area contributed by atoms with E-state index >= 15 is 0 Å². The first kappa shape index (κ1) is 39.6. The molecule has 4 aromatic rings. The second-order valence-corrected chi connectivity index (χ2v) is 24.7. The Kier molecular flexibility index (Phi) is 11.1. The number of hydrogen-bond donors (Lipinski definition) is 2. The molecule has 302 valence electrons. The Labute approximate surface area is 358 Å². The molecule has 2 aliphatic heterocycles. The van der Waals surface area contributed by atoms with Gasteiger partial charge in [0.2, 0.25) is 0 Å². The minimum Gasteiger partial charge on any atom is -0.316 e. The zero-order chi connectivity index (χ0) is 37.3. The van der Waals surface area contributed by atoms with Crippen molar-refractivity contribution in [3.63, 3.8) is 0 Å². The normalized spacial score (nSPS) is 37.4. The van der Waals surface area contributed by atoms with Gasteiger partial charge in [-0.3, -0.25) is 0 Å². The summed E-state index contributed by atoms with van der Waals surface area (Å²) >= 11 is 0. The molecule has 0 radical (unpaired) electrons. The van der Waals surface area contributed by atoms with Crippen molar-refractivity contribution in [2.45, 2.75) is 112 Å². The van der Waals surface area contributed by atoms with E-state index in [2.05, 4.69) is 86.6 Å². The molecular weight excluding hydrogens is 770 g/mol. The number of nitrogens with one attached hydrogen (secondary N) is 2. The quantitative estimate of drug-likeness (QED) is 0.0997. The Morgan fingerprint density at radius 3 is 1.51 bits per heavy atom. The first-order valence-electron chi connectivity index (χ1n) is 23.1. The van der Waals surface area contributed by atoms with Gasteiger partial charge in [-0.05, 0) is 185 Å². The molecule has 10 fully saturated rings. The van der Waals surface area contributed by atoms with E-state index < -0.39 is 0 Å². The zero-order valence-corrected chi connectivity index (χ0v) is 37.3. The van der Waals surface area contributed by atoms with Crippen molar-refractivity contribution in [1.82, 2.24) is 10.6 Å². The standard InChI is InChI=1S/C47H61N2P2.C5H5.Fe/c50-47(39-11-13-48-28-39,40-12-14-49-29-40)43-21-41(37-7-3-1-4-8-37)44(38-9-5-2-6-10-38)42(43)30-51(45-22-31-15-32(23-45)17-33(16-31)24-45)46-25-34-18-35(26-46)20-36(19-34)27-46;1-2-4-5-3-1;/h1-10,21,31-36,39-40,48-49H,11-20,22-30,50H2;1-5H;/q2*-1;+2. The van der Waals surface area contributed by atoms with Crippen LogP contribution in [0.2, 0.25) is 0 Å². The van der Waals surface area contributed by atoms with Crippen LogP contribution in [0.3, 0.4) is 0 Å². The van der Waals surface area contributed by atoms with E-state index in [0.717, 1.165) is 48.6 Å². The van der Waals surface area contributed by atoms with E-state index in [9.17, 15) is 0 Å². The van der Waals surface area contributed by atoms with Crippen LogP contribution in [0.1, 0.15) is 101 Å². The van der Waals surface area contributed by atoms with Gasteiger partial charge in [-0.1, -0.05) is 78.7 Å². The third-order valence-electron chi connectivity index (χ3n) is 17.3. The summed E-state index contributed by atoms with van der Waals surface area (Å²) in [6.45, 7) is 4.65. The first-order chi connectivity index (χ1) is 27.5. The minimum absolute atomic E-state index is 0. The molecule has 8 bridgehead atoms. The van der Waals surface area contributed by atoms with Gasteiger partial charge in [-0.25, -0.2) is 12.1 Å². The molecule has 3 atom stereocenters. The molecule has 2 heterocycles. The summed E-state index contributed by atoms with van der Waals surface area (Å²) in [6.07, 6.45) is 22.9. The maximum absolute atomic E-state index is 3.86. The Balaban J connectivity index is 0.000000616. The van der Waals surface area contributed by atoms with Crippen molar-refractivity contribution in [3.8, 4) is 22.3 Å². The number of rotatable bonds is 9. The fraction of sp³-hybridized carbons (Fsp3) is 0.577. The first-order valence-corrected chi connectivity index (χ1v) is 25.2. The number of benzene rings is 2. The summed E-state index contributed by atoms with van der Waals surface area (Å²) < 4.78 is 0. The largest absolute Gasteiger partial charge is 2.00 e.